The van der Waals surface area contributed by atoms with Crippen LogP contribution in [-0.4, -0.2) is 18.6 Å². The molecular formula is C12H18Cl2N2. The van der Waals surface area contributed by atoms with Crippen molar-refractivity contribution in [1.82, 2.24) is 5.32 Å². The third-order valence-electron chi connectivity index (χ3n) is 2.52. The maximum absolute atomic E-state index is 6.08. The summed E-state index contributed by atoms with van der Waals surface area (Å²) in [5.74, 6) is 0. The Labute approximate surface area is 107 Å². The lowest BCUT2D eigenvalue weighted by Crippen LogP contribution is -2.46. The van der Waals surface area contributed by atoms with E-state index in [4.69, 9.17) is 28.9 Å². The van der Waals surface area contributed by atoms with Crippen molar-refractivity contribution in [2.24, 2.45) is 5.73 Å². The Morgan fingerprint density at radius 1 is 1.31 bits per heavy atom. The molecule has 0 aliphatic heterocycles. The highest BCUT2D eigenvalue weighted by molar-refractivity contribution is 6.35. The van der Waals surface area contributed by atoms with E-state index in [-0.39, 0.29) is 5.54 Å². The van der Waals surface area contributed by atoms with Gasteiger partial charge < -0.3 is 11.1 Å². The zero-order valence-electron chi connectivity index (χ0n) is 9.69. The number of nitrogens with two attached hydrogens (primary N) is 1. The summed E-state index contributed by atoms with van der Waals surface area (Å²) in [6.07, 6.45) is 0.874. The van der Waals surface area contributed by atoms with Crippen molar-refractivity contribution in [2.75, 3.05) is 13.1 Å². The van der Waals surface area contributed by atoms with Gasteiger partial charge >= 0.3 is 0 Å². The first-order chi connectivity index (χ1) is 7.44. The number of hydrogen-bond acceptors (Lipinski definition) is 2. The molecule has 0 fully saturated rings. The molecule has 90 valence electrons. The maximum Gasteiger partial charge on any atom is 0.0453 e. The van der Waals surface area contributed by atoms with Crippen molar-refractivity contribution >= 4 is 23.2 Å². The second-order valence-electron chi connectivity index (χ2n) is 4.50. The van der Waals surface area contributed by atoms with Crippen LogP contribution in [0.3, 0.4) is 0 Å². The zero-order chi connectivity index (χ0) is 12.2. The van der Waals surface area contributed by atoms with E-state index in [1.807, 2.05) is 12.1 Å². The molecule has 0 radical (unpaired) electrons. The molecule has 3 N–H and O–H groups in total. The van der Waals surface area contributed by atoms with Gasteiger partial charge in [0, 0.05) is 22.1 Å². The summed E-state index contributed by atoms with van der Waals surface area (Å²) < 4.78 is 0. The van der Waals surface area contributed by atoms with Gasteiger partial charge in [0.1, 0.15) is 0 Å². The smallest absolute Gasteiger partial charge is 0.0453 e. The molecule has 1 rings (SSSR count). The average Bonchev–Trinajstić information content (AvgIpc) is 2.21. The molecule has 0 saturated heterocycles. The molecule has 0 unspecified atom stereocenters. The minimum atomic E-state index is -0.0289. The molecule has 0 saturated carbocycles. The number of nitrogens with one attached hydrogen (secondary N) is 1. The Kier molecular flexibility index (Phi) is 5.06. The second-order valence-corrected chi connectivity index (χ2v) is 5.34. The molecule has 1 aromatic rings. The molecule has 2 nitrogen and oxygen atoms in total. The van der Waals surface area contributed by atoms with E-state index in [0.717, 1.165) is 23.6 Å². The molecular weight excluding hydrogens is 243 g/mol. The van der Waals surface area contributed by atoms with E-state index in [1.54, 1.807) is 6.07 Å². The minimum absolute atomic E-state index is 0.0289. The van der Waals surface area contributed by atoms with Crippen molar-refractivity contribution in [1.29, 1.82) is 0 Å². The van der Waals surface area contributed by atoms with Gasteiger partial charge in [-0.1, -0.05) is 29.3 Å². The largest absolute Gasteiger partial charge is 0.329 e. The number of rotatable bonds is 5. The normalized spacial score (nSPS) is 11.8. The van der Waals surface area contributed by atoms with E-state index >= 15 is 0 Å². The third kappa shape index (κ3) is 4.30. The van der Waals surface area contributed by atoms with E-state index < -0.39 is 0 Å². The summed E-state index contributed by atoms with van der Waals surface area (Å²) in [4.78, 5) is 0. The van der Waals surface area contributed by atoms with Crippen LogP contribution < -0.4 is 11.1 Å². The van der Waals surface area contributed by atoms with Gasteiger partial charge in [0.15, 0.2) is 0 Å². The highest BCUT2D eigenvalue weighted by Crippen LogP contribution is 2.21. The first-order valence-corrected chi connectivity index (χ1v) is 6.09. The highest BCUT2D eigenvalue weighted by atomic mass is 35.5. The number of benzene rings is 1. The summed E-state index contributed by atoms with van der Waals surface area (Å²) in [5, 5.41) is 4.77. The molecule has 0 heterocycles. The molecule has 0 spiro atoms. The molecule has 4 heteroatoms. The summed E-state index contributed by atoms with van der Waals surface area (Å²) >= 11 is 11.9. The number of hydrogen-bond donors (Lipinski definition) is 2. The SMILES string of the molecule is CC(C)(CN)NCCc1ccc(Cl)cc1Cl. The van der Waals surface area contributed by atoms with Gasteiger partial charge in [0.05, 0.1) is 0 Å². The predicted molar refractivity (Wildman–Crippen MR) is 71.3 cm³/mol. The van der Waals surface area contributed by atoms with Gasteiger partial charge in [-0.05, 0) is 44.5 Å². The molecule has 0 atom stereocenters. The summed E-state index contributed by atoms with van der Waals surface area (Å²) in [5.41, 5.74) is 6.70. The van der Waals surface area contributed by atoms with E-state index in [2.05, 4.69) is 19.2 Å². The first kappa shape index (κ1) is 13.8. The van der Waals surface area contributed by atoms with Crippen LogP contribution in [0.2, 0.25) is 10.0 Å². The first-order valence-electron chi connectivity index (χ1n) is 5.33. The van der Waals surface area contributed by atoms with Crippen LogP contribution >= 0.6 is 23.2 Å². The quantitative estimate of drug-likeness (QED) is 0.855. The van der Waals surface area contributed by atoms with Crippen LogP contribution in [0.4, 0.5) is 0 Å². The molecule has 0 aliphatic rings. The topological polar surface area (TPSA) is 38.0 Å². The Bertz CT molecular complexity index is 351. The molecule has 0 aromatic heterocycles. The molecule has 0 bridgehead atoms. The fourth-order valence-electron chi connectivity index (χ4n) is 1.33. The van der Waals surface area contributed by atoms with Gasteiger partial charge in [-0.15, -0.1) is 0 Å². The van der Waals surface area contributed by atoms with Crippen LogP contribution in [-0.2, 0) is 6.42 Å². The summed E-state index contributed by atoms with van der Waals surface area (Å²) in [6, 6.07) is 5.59. The van der Waals surface area contributed by atoms with Crippen LogP contribution in [0.1, 0.15) is 19.4 Å². The monoisotopic (exact) mass is 260 g/mol. The van der Waals surface area contributed by atoms with E-state index in [1.165, 1.54) is 0 Å². The van der Waals surface area contributed by atoms with Crippen molar-refractivity contribution in [3.8, 4) is 0 Å². The van der Waals surface area contributed by atoms with Gasteiger partial charge in [-0.25, -0.2) is 0 Å². The van der Waals surface area contributed by atoms with Crippen molar-refractivity contribution in [3.05, 3.63) is 33.8 Å². The van der Waals surface area contributed by atoms with Crippen LogP contribution in [0.25, 0.3) is 0 Å². The lowest BCUT2D eigenvalue weighted by molar-refractivity contribution is 0.402. The van der Waals surface area contributed by atoms with Gasteiger partial charge in [-0.2, -0.15) is 0 Å². The standard InChI is InChI=1S/C12H18Cl2N2/c1-12(2,8-15)16-6-5-9-3-4-10(13)7-11(9)14/h3-4,7,16H,5-6,8,15H2,1-2H3. The molecule has 0 amide bonds. The summed E-state index contributed by atoms with van der Waals surface area (Å²) in [6.45, 7) is 5.62. The Morgan fingerprint density at radius 2 is 2.00 bits per heavy atom. The third-order valence-corrected chi connectivity index (χ3v) is 3.11. The summed E-state index contributed by atoms with van der Waals surface area (Å²) in [7, 11) is 0. The fraction of sp³-hybridized carbons (Fsp3) is 0.500. The van der Waals surface area contributed by atoms with E-state index in [0.29, 0.717) is 11.6 Å². The highest BCUT2D eigenvalue weighted by Gasteiger charge is 2.13. The minimum Gasteiger partial charge on any atom is -0.329 e. The van der Waals surface area contributed by atoms with Crippen molar-refractivity contribution < 1.29 is 0 Å². The van der Waals surface area contributed by atoms with Crippen LogP contribution in [0.5, 0.6) is 0 Å². The fourth-order valence-corrected chi connectivity index (χ4v) is 1.84. The van der Waals surface area contributed by atoms with Crippen LogP contribution in [0.15, 0.2) is 18.2 Å². The van der Waals surface area contributed by atoms with Gasteiger partial charge in [0.2, 0.25) is 0 Å². The Balaban J connectivity index is 2.49. The maximum atomic E-state index is 6.08. The molecule has 1 aromatic carbocycles. The lowest BCUT2D eigenvalue weighted by atomic mass is 10.1. The lowest BCUT2D eigenvalue weighted by Gasteiger charge is -2.24. The zero-order valence-corrected chi connectivity index (χ0v) is 11.2. The predicted octanol–water partition coefficient (Wildman–Crippen LogP) is 2.86. The number of halogens is 2. The molecule has 0 aliphatic carbocycles. The van der Waals surface area contributed by atoms with Crippen molar-refractivity contribution in [3.63, 3.8) is 0 Å². The Morgan fingerprint density at radius 3 is 2.56 bits per heavy atom. The van der Waals surface area contributed by atoms with Gasteiger partial charge in [0.25, 0.3) is 0 Å². The average molecular weight is 261 g/mol. The van der Waals surface area contributed by atoms with E-state index in [9.17, 15) is 0 Å². The second kappa shape index (κ2) is 5.87. The molecule has 16 heavy (non-hydrogen) atoms. The Hall–Kier alpha value is -0.280. The van der Waals surface area contributed by atoms with Gasteiger partial charge in [-0.3, -0.25) is 0 Å². The van der Waals surface area contributed by atoms with Crippen molar-refractivity contribution in [2.45, 2.75) is 25.8 Å². The van der Waals surface area contributed by atoms with Crippen LogP contribution in [0, 0.1) is 0 Å².